The monoisotopic (exact) mass is 394 g/mol. The molecule has 2 aromatic carbocycles. The van der Waals surface area contributed by atoms with Gasteiger partial charge >= 0.3 is 0 Å². The summed E-state index contributed by atoms with van der Waals surface area (Å²) >= 11 is 0. The van der Waals surface area contributed by atoms with Gasteiger partial charge in [-0.15, -0.1) is 0 Å². The summed E-state index contributed by atoms with van der Waals surface area (Å²) in [4.78, 5) is 38.8. The van der Waals surface area contributed by atoms with Crippen LogP contribution in [0.15, 0.2) is 42.5 Å². The Morgan fingerprint density at radius 3 is 2.66 bits per heavy atom. The standard InChI is InChI=1S/C22H22N2O5/c1-2-3-10-24-21(26)16-9-8-14(11-17(16)22(24)27)20(25)23-12-15-13-28-18-6-4-5-7-19(18)29-15/h4-9,11,15H,2-3,10,12-13H2,1H3,(H,23,25). The van der Waals surface area contributed by atoms with Crippen LogP contribution in [-0.4, -0.2) is 48.4 Å². The van der Waals surface area contributed by atoms with Gasteiger partial charge in [0.15, 0.2) is 11.5 Å². The van der Waals surface area contributed by atoms with E-state index in [1.54, 1.807) is 12.1 Å². The zero-order chi connectivity index (χ0) is 20.4. The number of nitrogens with one attached hydrogen (secondary N) is 1. The molecule has 0 saturated heterocycles. The van der Waals surface area contributed by atoms with Gasteiger partial charge < -0.3 is 14.8 Å². The molecule has 1 atom stereocenters. The molecule has 1 unspecified atom stereocenters. The second-order valence-corrected chi connectivity index (χ2v) is 7.08. The average molecular weight is 394 g/mol. The first kappa shape index (κ1) is 19.0. The summed E-state index contributed by atoms with van der Waals surface area (Å²) in [5, 5.41) is 2.81. The van der Waals surface area contributed by atoms with E-state index < -0.39 is 0 Å². The van der Waals surface area contributed by atoms with Crippen LogP contribution in [0.25, 0.3) is 0 Å². The van der Waals surface area contributed by atoms with E-state index in [1.165, 1.54) is 11.0 Å². The molecule has 3 amide bonds. The lowest BCUT2D eigenvalue weighted by Crippen LogP contribution is -2.40. The summed E-state index contributed by atoms with van der Waals surface area (Å²) in [6.45, 7) is 2.99. The van der Waals surface area contributed by atoms with Crippen molar-refractivity contribution in [1.29, 1.82) is 0 Å². The molecule has 0 fully saturated rings. The van der Waals surface area contributed by atoms with Crippen LogP contribution < -0.4 is 14.8 Å². The summed E-state index contributed by atoms with van der Waals surface area (Å²) < 4.78 is 11.5. The Hall–Kier alpha value is -3.35. The molecule has 2 aliphatic rings. The maximum Gasteiger partial charge on any atom is 0.261 e. The van der Waals surface area contributed by atoms with Crippen molar-refractivity contribution in [3.63, 3.8) is 0 Å². The molecule has 29 heavy (non-hydrogen) atoms. The normalized spacial score (nSPS) is 17.3. The molecule has 2 aliphatic heterocycles. The smallest absolute Gasteiger partial charge is 0.261 e. The molecule has 2 heterocycles. The minimum absolute atomic E-state index is 0.264. The fourth-order valence-electron chi connectivity index (χ4n) is 3.42. The largest absolute Gasteiger partial charge is 0.486 e. The van der Waals surface area contributed by atoms with Crippen LogP contribution in [0.3, 0.4) is 0 Å². The number of para-hydroxylation sites is 2. The minimum Gasteiger partial charge on any atom is -0.486 e. The molecule has 4 rings (SSSR count). The molecule has 7 heteroatoms. The molecule has 0 bridgehead atoms. The van der Waals surface area contributed by atoms with Crippen molar-refractivity contribution >= 4 is 17.7 Å². The summed E-state index contributed by atoms with van der Waals surface area (Å²) in [5.41, 5.74) is 0.965. The third kappa shape index (κ3) is 3.68. The number of carbonyl (C=O) groups is 3. The topological polar surface area (TPSA) is 84.9 Å². The predicted molar refractivity (Wildman–Crippen MR) is 105 cm³/mol. The molecule has 7 nitrogen and oxygen atoms in total. The maximum absolute atomic E-state index is 12.6. The Kier molecular flexibility index (Phi) is 5.20. The van der Waals surface area contributed by atoms with E-state index in [4.69, 9.17) is 9.47 Å². The summed E-state index contributed by atoms with van der Waals surface area (Å²) in [6.07, 6.45) is 1.33. The summed E-state index contributed by atoms with van der Waals surface area (Å²) in [7, 11) is 0. The average Bonchev–Trinajstić information content (AvgIpc) is 2.99. The van der Waals surface area contributed by atoms with Gasteiger partial charge in [0, 0.05) is 12.1 Å². The van der Waals surface area contributed by atoms with Crippen molar-refractivity contribution < 1.29 is 23.9 Å². The molecule has 150 valence electrons. The lowest BCUT2D eigenvalue weighted by molar-refractivity contribution is 0.0652. The van der Waals surface area contributed by atoms with Crippen LogP contribution in [0.5, 0.6) is 11.5 Å². The van der Waals surface area contributed by atoms with Gasteiger partial charge in [0.1, 0.15) is 12.7 Å². The van der Waals surface area contributed by atoms with Crippen molar-refractivity contribution in [2.75, 3.05) is 19.7 Å². The van der Waals surface area contributed by atoms with E-state index in [9.17, 15) is 14.4 Å². The number of hydrogen-bond acceptors (Lipinski definition) is 5. The molecule has 0 spiro atoms. The number of benzene rings is 2. The summed E-state index contributed by atoms with van der Waals surface area (Å²) in [5.74, 6) is 0.365. The van der Waals surface area contributed by atoms with Crippen LogP contribution in [0.2, 0.25) is 0 Å². The number of nitrogens with zero attached hydrogens (tertiary/aromatic N) is 1. The van der Waals surface area contributed by atoms with E-state index in [1.807, 2.05) is 31.2 Å². The van der Waals surface area contributed by atoms with E-state index in [-0.39, 0.29) is 35.9 Å². The van der Waals surface area contributed by atoms with Crippen molar-refractivity contribution in [1.82, 2.24) is 10.2 Å². The van der Waals surface area contributed by atoms with Gasteiger partial charge in [0.05, 0.1) is 17.7 Å². The first-order chi connectivity index (χ1) is 14.1. The molecule has 0 aromatic heterocycles. The third-order valence-electron chi connectivity index (χ3n) is 5.03. The van der Waals surface area contributed by atoms with Crippen LogP contribution in [-0.2, 0) is 0 Å². The van der Waals surface area contributed by atoms with E-state index in [2.05, 4.69) is 5.32 Å². The number of hydrogen-bond donors (Lipinski definition) is 1. The van der Waals surface area contributed by atoms with Gasteiger partial charge in [-0.25, -0.2) is 0 Å². The van der Waals surface area contributed by atoms with Crippen LogP contribution in [0.1, 0.15) is 50.8 Å². The van der Waals surface area contributed by atoms with Crippen LogP contribution in [0.4, 0.5) is 0 Å². The lowest BCUT2D eigenvalue weighted by Gasteiger charge is -2.26. The molecule has 0 radical (unpaired) electrons. The predicted octanol–water partition coefficient (Wildman–Crippen LogP) is 2.65. The maximum atomic E-state index is 12.6. The molecule has 0 saturated carbocycles. The second kappa shape index (κ2) is 7.95. The van der Waals surface area contributed by atoms with E-state index in [0.29, 0.717) is 35.8 Å². The van der Waals surface area contributed by atoms with Crippen LogP contribution >= 0.6 is 0 Å². The highest BCUT2D eigenvalue weighted by Gasteiger charge is 2.35. The Labute approximate surface area is 168 Å². The number of unbranched alkanes of at least 4 members (excludes halogenated alkanes) is 1. The highest BCUT2D eigenvalue weighted by Crippen LogP contribution is 2.30. The highest BCUT2D eigenvalue weighted by molar-refractivity contribution is 6.22. The van der Waals surface area contributed by atoms with Gasteiger partial charge in [-0.2, -0.15) is 0 Å². The van der Waals surface area contributed by atoms with Crippen molar-refractivity contribution in [3.05, 3.63) is 59.2 Å². The highest BCUT2D eigenvalue weighted by atomic mass is 16.6. The van der Waals surface area contributed by atoms with Crippen molar-refractivity contribution in [2.24, 2.45) is 0 Å². The Bertz CT molecular complexity index is 971. The fraction of sp³-hybridized carbons (Fsp3) is 0.318. The molecule has 0 aliphatic carbocycles. The number of rotatable bonds is 6. The number of fused-ring (bicyclic) bond motifs is 2. The number of carbonyl (C=O) groups excluding carboxylic acids is 3. The quantitative estimate of drug-likeness (QED) is 0.762. The lowest BCUT2D eigenvalue weighted by atomic mass is 10.1. The molecular weight excluding hydrogens is 372 g/mol. The van der Waals surface area contributed by atoms with E-state index in [0.717, 1.165) is 12.8 Å². The number of ether oxygens (including phenoxy) is 2. The van der Waals surface area contributed by atoms with Gasteiger partial charge in [0.2, 0.25) is 0 Å². The fourth-order valence-corrected chi connectivity index (χ4v) is 3.42. The van der Waals surface area contributed by atoms with Crippen LogP contribution in [0, 0.1) is 0 Å². The molecular formula is C22H22N2O5. The Morgan fingerprint density at radius 2 is 1.86 bits per heavy atom. The molecule has 1 N–H and O–H groups in total. The SMILES string of the molecule is CCCCN1C(=O)c2ccc(C(=O)NCC3COc4ccccc4O3)cc2C1=O. The minimum atomic E-state index is -0.339. The Morgan fingerprint density at radius 1 is 1.10 bits per heavy atom. The van der Waals surface area contributed by atoms with Gasteiger partial charge in [-0.05, 0) is 36.8 Å². The molecule has 2 aromatic rings. The Balaban J connectivity index is 1.40. The second-order valence-electron chi connectivity index (χ2n) is 7.08. The zero-order valence-corrected chi connectivity index (χ0v) is 16.1. The van der Waals surface area contributed by atoms with Crippen molar-refractivity contribution in [2.45, 2.75) is 25.9 Å². The zero-order valence-electron chi connectivity index (χ0n) is 16.1. The number of amides is 3. The first-order valence-corrected chi connectivity index (χ1v) is 9.75. The number of imide groups is 1. The summed E-state index contributed by atoms with van der Waals surface area (Å²) in [6, 6.07) is 12.0. The first-order valence-electron chi connectivity index (χ1n) is 9.75. The van der Waals surface area contributed by atoms with Crippen molar-refractivity contribution in [3.8, 4) is 11.5 Å². The van der Waals surface area contributed by atoms with E-state index >= 15 is 0 Å². The third-order valence-corrected chi connectivity index (χ3v) is 5.03. The van der Waals surface area contributed by atoms with Gasteiger partial charge in [-0.1, -0.05) is 25.5 Å². The van der Waals surface area contributed by atoms with Gasteiger partial charge in [0.25, 0.3) is 17.7 Å². The van der Waals surface area contributed by atoms with Gasteiger partial charge in [-0.3, -0.25) is 19.3 Å².